The Labute approximate surface area is 55.5 Å². The second-order valence-corrected chi connectivity index (χ2v) is 3.05. The van der Waals surface area contributed by atoms with Crippen LogP contribution in [0.4, 0.5) is 0 Å². The van der Waals surface area contributed by atoms with Gasteiger partial charge in [-0.05, 0) is 12.0 Å². The van der Waals surface area contributed by atoms with Crippen LogP contribution in [0.2, 0.25) is 0 Å². The lowest BCUT2D eigenvalue weighted by molar-refractivity contribution is -0.0661. The standard InChI is InChI=1S/C6H15NO2/c1-6(2,4-7)3-5(8)9/h5,8-9H,3-4,7H2,1-2H3. The van der Waals surface area contributed by atoms with Crippen LogP contribution in [0.15, 0.2) is 0 Å². The van der Waals surface area contributed by atoms with Gasteiger partial charge in [-0.1, -0.05) is 13.8 Å². The number of hydrogen-bond acceptors (Lipinski definition) is 3. The molecule has 0 heterocycles. The first kappa shape index (κ1) is 8.88. The van der Waals surface area contributed by atoms with Crippen molar-refractivity contribution in [1.82, 2.24) is 0 Å². The molecule has 0 radical (unpaired) electrons. The molecule has 3 heteroatoms. The van der Waals surface area contributed by atoms with E-state index in [1.54, 1.807) is 0 Å². The van der Waals surface area contributed by atoms with Crippen LogP contribution in [0.1, 0.15) is 20.3 Å². The van der Waals surface area contributed by atoms with E-state index < -0.39 is 6.29 Å². The molecule has 0 unspecified atom stereocenters. The van der Waals surface area contributed by atoms with Crippen molar-refractivity contribution >= 4 is 0 Å². The van der Waals surface area contributed by atoms with E-state index in [2.05, 4.69) is 0 Å². The number of aliphatic hydroxyl groups is 2. The van der Waals surface area contributed by atoms with Crippen LogP contribution in [-0.4, -0.2) is 23.0 Å². The van der Waals surface area contributed by atoms with Gasteiger partial charge in [0.05, 0.1) is 0 Å². The van der Waals surface area contributed by atoms with Gasteiger partial charge in [-0.3, -0.25) is 0 Å². The van der Waals surface area contributed by atoms with Gasteiger partial charge in [-0.2, -0.15) is 0 Å². The smallest absolute Gasteiger partial charge is 0.151 e. The molecule has 0 aliphatic carbocycles. The predicted octanol–water partition coefficient (Wildman–Crippen LogP) is -0.328. The Balaban J connectivity index is 3.58. The number of hydrogen-bond donors (Lipinski definition) is 3. The van der Waals surface area contributed by atoms with Crippen LogP contribution >= 0.6 is 0 Å². The van der Waals surface area contributed by atoms with Crippen LogP contribution in [0.5, 0.6) is 0 Å². The van der Waals surface area contributed by atoms with Crippen molar-refractivity contribution in [2.45, 2.75) is 26.6 Å². The van der Waals surface area contributed by atoms with E-state index in [0.29, 0.717) is 13.0 Å². The van der Waals surface area contributed by atoms with Crippen LogP contribution in [0.3, 0.4) is 0 Å². The summed E-state index contributed by atoms with van der Waals surface area (Å²) in [7, 11) is 0. The monoisotopic (exact) mass is 133 g/mol. The average molecular weight is 133 g/mol. The van der Waals surface area contributed by atoms with E-state index in [0.717, 1.165) is 0 Å². The first-order valence-electron chi connectivity index (χ1n) is 3.04. The first-order chi connectivity index (χ1) is 3.98. The summed E-state index contributed by atoms with van der Waals surface area (Å²) < 4.78 is 0. The lowest BCUT2D eigenvalue weighted by Crippen LogP contribution is -2.28. The summed E-state index contributed by atoms with van der Waals surface area (Å²) in [5.41, 5.74) is 5.17. The Bertz CT molecular complexity index is 81.1. The molecule has 0 saturated carbocycles. The molecule has 0 bridgehead atoms. The average Bonchev–Trinajstić information content (AvgIpc) is 1.63. The maximum absolute atomic E-state index is 8.52. The number of aliphatic hydroxyl groups excluding tert-OH is 1. The fraction of sp³-hybridized carbons (Fsp3) is 1.00. The second-order valence-electron chi connectivity index (χ2n) is 3.05. The maximum Gasteiger partial charge on any atom is 0.151 e. The Morgan fingerprint density at radius 1 is 1.44 bits per heavy atom. The molecule has 0 amide bonds. The molecule has 4 N–H and O–H groups in total. The molecule has 9 heavy (non-hydrogen) atoms. The lowest BCUT2D eigenvalue weighted by atomic mass is 9.89. The van der Waals surface area contributed by atoms with E-state index in [-0.39, 0.29) is 5.41 Å². The van der Waals surface area contributed by atoms with Crippen molar-refractivity contribution < 1.29 is 10.2 Å². The summed E-state index contributed by atoms with van der Waals surface area (Å²) in [5.74, 6) is 0. The first-order valence-corrected chi connectivity index (χ1v) is 3.04. The summed E-state index contributed by atoms with van der Waals surface area (Å²) in [4.78, 5) is 0. The molecule has 0 aliphatic heterocycles. The molecule has 0 aromatic rings. The van der Waals surface area contributed by atoms with Crippen molar-refractivity contribution in [2.75, 3.05) is 6.54 Å². The molecule has 0 spiro atoms. The largest absolute Gasteiger partial charge is 0.368 e. The summed E-state index contributed by atoms with van der Waals surface area (Å²) in [6, 6.07) is 0. The van der Waals surface area contributed by atoms with Crippen LogP contribution in [-0.2, 0) is 0 Å². The van der Waals surface area contributed by atoms with E-state index in [9.17, 15) is 0 Å². The Morgan fingerprint density at radius 2 is 1.89 bits per heavy atom. The van der Waals surface area contributed by atoms with Gasteiger partial charge < -0.3 is 15.9 Å². The van der Waals surface area contributed by atoms with Crippen LogP contribution in [0.25, 0.3) is 0 Å². The normalized spacial score (nSPS) is 12.7. The molecular weight excluding hydrogens is 118 g/mol. The fourth-order valence-corrected chi connectivity index (χ4v) is 0.578. The zero-order valence-electron chi connectivity index (χ0n) is 5.96. The van der Waals surface area contributed by atoms with Gasteiger partial charge in [0.1, 0.15) is 0 Å². The van der Waals surface area contributed by atoms with E-state index in [4.69, 9.17) is 15.9 Å². The fourth-order valence-electron chi connectivity index (χ4n) is 0.578. The molecular formula is C6H15NO2. The third-order valence-corrected chi connectivity index (χ3v) is 1.29. The highest BCUT2D eigenvalue weighted by Gasteiger charge is 2.18. The predicted molar refractivity (Wildman–Crippen MR) is 35.7 cm³/mol. The third kappa shape index (κ3) is 4.39. The minimum absolute atomic E-state index is 0.159. The Morgan fingerprint density at radius 3 is 2.00 bits per heavy atom. The molecule has 0 saturated heterocycles. The SMILES string of the molecule is CC(C)(CN)CC(O)O. The maximum atomic E-state index is 8.52. The Hall–Kier alpha value is -0.120. The highest BCUT2D eigenvalue weighted by atomic mass is 16.5. The van der Waals surface area contributed by atoms with Crippen molar-refractivity contribution in [2.24, 2.45) is 11.1 Å². The summed E-state index contributed by atoms with van der Waals surface area (Å²) in [5, 5.41) is 17.0. The molecule has 0 aromatic heterocycles. The summed E-state index contributed by atoms with van der Waals surface area (Å²) >= 11 is 0. The second kappa shape index (κ2) is 3.15. The topological polar surface area (TPSA) is 66.5 Å². The van der Waals surface area contributed by atoms with Gasteiger partial charge in [0.15, 0.2) is 6.29 Å². The Kier molecular flexibility index (Phi) is 3.11. The molecule has 3 nitrogen and oxygen atoms in total. The molecule has 0 rings (SSSR count). The molecule has 0 aliphatic rings. The minimum atomic E-state index is -1.23. The minimum Gasteiger partial charge on any atom is -0.368 e. The van der Waals surface area contributed by atoms with Gasteiger partial charge in [0.25, 0.3) is 0 Å². The van der Waals surface area contributed by atoms with Crippen molar-refractivity contribution in [3.05, 3.63) is 0 Å². The van der Waals surface area contributed by atoms with Gasteiger partial charge in [-0.15, -0.1) is 0 Å². The van der Waals surface area contributed by atoms with Crippen LogP contribution in [0, 0.1) is 5.41 Å². The summed E-state index contributed by atoms with van der Waals surface area (Å²) in [6.07, 6.45) is -0.896. The zero-order chi connectivity index (χ0) is 7.49. The van der Waals surface area contributed by atoms with Crippen molar-refractivity contribution in [3.8, 4) is 0 Å². The van der Waals surface area contributed by atoms with E-state index >= 15 is 0 Å². The van der Waals surface area contributed by atoms with Crippen LogP contribution < -0.4 is 5.73 Å². The highest BCUT2D eigenvalue weighted by molar-refractivity contribution is 4.69. The third-order valence-electron chi connectivity index (χ3n) is 1.29. The van der Waals surface area contributed by atoms with Gasteiger partial charge in [0.2, 0.25) is 0 Å². The zero-order valence-corrected chi connectivity index (χ0v) is 5.96. The van der Waals surface area contributed by atoms with E-state index in [1.807, 2.05) is 13.8 Å². The summed E-state index contributed by atoms with van der Waals surface area (Å²) in [6.45, 7) is 4.27. The quantitative estimate of drug-likeness (QED) is 0.462. The molecule has 0 aromatic carbocycles. The van der Waals surface area contributed by atoms with E-state index in [1.165, 1.54) is 0 Å². The highest BCUT2D eigenvalue weighted by Crippen LogP contribution is 2.18. The number of nitrogens with two attached hydrogens (primary N) is 1. The van der Waals surface area contributed by atoms with Crippen molar-refractivity contribution in [3.63, 3.8) is 0 Å². The molecule has 0 fully saturated rings. The number of rotatable bonds is 3. The lowest BCUT2D eigenvalue weighted by Gasteiger charge is -2.22. The van der Waals surface area contributed by atoms with Crippen molar-refractivity contribution in [1.29, 1.82) is 0 Å². The van der Waals surface area contributed by atoms with Gasteiger partial charge in [0, 0.05) is 6.42 Å². The molecule has 56 valence electrons. The molecule has 0 atom stereocenters. The van der Waals surface area contributed by atoms with Gasteiger partial charge in [-0.25, -0.2) is 0 Å². The van der Waals surface area contributed by atoms with Gasteiger partial charge >= 0.3 is 0 Å².